The predicted octanol–water partition coefficient (Wildman–Crippen LogP) is 3.79. The third-order valence-corrected chi connectivity index (χ3v) is 5.80. The lowest BCUT2D eigenvalue weighted by Gasteiger charge is -2.58. The van der Waals surface area contributed by atoms with Crippen LogP contribution in [0.15, 0.2) is 54.6 Å². The van der Waals surface area contributed by atoms with E-state index in [1.807, 2.05) is 35.2 Å². The third kappa shape index (κ3) is 2.43. The van der Waals surface area contributed by atoms with Crippen LogP contribution in [0.2, 0.25) is 5.02 Å². The number of halogens is 1. The minimum Gasteiger partial charge on any atom is -0.330 e. The first-order chi connectivity index (χ1) is 11.7. The number of likely N-dealkylation sites (tertiary alicyclic amines) is 1. The molecule has 1 spiro atoms. The zero-order valence-electron chi connectivity index (χ0n) is 13.5. The van der Waals surface area contributed by atoms with Crippen LogP contribution in [-0.2, 0) is 11.3 Å². The van der Waals surface area contributed by atoms with Crippen LogP contribution in [-0.4, -0.2) is 23.9 Å². The van der Waals surface area contributed by atoms with Gasteiger partial charge in [0, 0.05) is 11.6 Å². The lowest BCUT2D eigenvalue weighted by Crippen LogP contribution is -2.65. The number of piperidine rings is 1. The van der Waals surface area contributed by atoms with Gasteiger partial charge >= 0.3 is 0 Å². The van der Waals surface area contributed by atoms with Crippen molar-refractivity contribution >= 4 is 17.5 Å². The summed E-state index contributed by atoms with van der Waals surface area (Å²) in [5, 5.41) is 4.11. The minimum absolute atomic E-state index is 0.143. The van der Waals surface area contributed by atoms with Crippen LogP contribution in [0.4, 0.5) is 0 Å². The molecular weight excluding hydrogens is 320 g/mol. The van der Waals surface area contributed by atoms with Crippen molar-refractivity contribution in [3.8, 4) is 0 Å². The van der Waals surface area contributed by atoms with Gasteiger partial charge in [-0.15, -0.1) is 0 Å². The first-order valence-corrected chi connectivity index (χ1v) is 8.90. The maximum atomic E-state index is 13.1. The van der Waals surface area contributed by atoms with Crippen molar-refractivity contribution < 1.29 is 4.79 Å². The number of nitrogens with one attached hydrogen (secondary N) is 1. The molecule has 3 nitrogen and oxygen atoms in total. The van der Waals surface area contributed by atoms with E-state index in [2.05, 4.69) is 29.6 Å². The second-order valence-electron chi connectivity index (χ2n) is 6.74. The van der Waals surface area contributed by atoms with Crippen LogP contribution < -0.4 is 5.32 Å². The molecule has 4 rings (SSSR count). The first-order valence-electron chi connectivity index (χ1n) is 8.52. The Morgan fingerprint density at radius 3 is 2.42 bits per heavy atom. The highest BCUT2D eigenvalue weighted by molar-refractivity contribution is 6.31. The van der Waals surface area contributed by atoms with Crippen molar-refractivity contribution in [2.24, 2.45) is 5.41 Å². The number of amides is 1. The highest BCUT2D eigenvalue weighted by Gasteiger charge is 2.60. The molecule has 24 heavy (non-hydrogen) atoms. The van der Waals surface area contributed by atoms with Crippen LogP contribution in [0.3, 0.4) is 0 Å². The lowest BCUT2D eigenvalue weighted by atomic mass is 9.62. The van der Waals surface area contributed by atoms with Crippen molar-refractivity contribution in [1.82, 2.24) is 10.2 Å². The molecule has 1 N–H and O–H groups in total. The summed E-state index contributed by atoms with van der Waals surface area (Å²) in [4.78, 5) is 15.1. The molecule has 2 saturated heterocycles. The smallest absolute Gasteiger partial charge is 0.232 e. The molecule has 2 fully saturated rings. The molecule has 4 heteroatoms. The molecule has 2 aliphatic rings. The molecule has 0 saturated carbocycles. The van der Waals surface area contributed by atoms with Gasteiger partial charge in [-0.2, -0.15) is 0 Å². The van der Waals surface area contributed by atoms with Crippen molar-refractivity contribution in [3.63, 3.8) is 0 Å². The van der Waals surface area contributed by atoms with Gasteiger partial charge < -0.3 is 10.2 Å². The van der Waals surface area contributed by atoms with Gasteiger partial charge in [-0.1, -0.05) is 60.1 Å². The first kappa shape index (κ1) is 15.7. The van der Waals surface area contributed by atoms with Crippen LogP contribution in [0.25, 0.3) is 0 Å². The summed E-state index contributed by atoms with van der Waals surface area (Å²) in [5.41, 5.74) is 2.00. The van der Waals surface area contributed by atoms with Crippen molar-refractivity contribution in [1.29, 1.82) is 0 Å². The Labute approximate surface area is 147 Å². The summed E-state index contributed by atoms with van der Waals surface area (Å²) < 4.78 is 0. The molecule has 0 bridgehead atoms. The fourth-order valence-corrected chi connectivity index (χ4v) is 4.42. The molecule has 124 valence electrons. The molecule has 0 aromatic heterocycles. The average Bonchev–Trinajstić information content (AvgIpc) is 2.64. The SMILES string of the molecule is O=C1N(Cc2ccccc2Cl)C(c2ccccc2)C12CCNCC2. The van der Waals surface area contributed by atoms with Crippen LogP contribution in [0, 0.1) is 5.41 Å². The number of carbonyl (C=O) groups is 1. The second-order valence-corrected chi connectivity index (χ2v) is 7.15. The van der Waals surface area contributed by atoms with Crippen LogP contribution in [0.5, 0.6) is 0 Å². The van der Waals surface area contributed by atoms with E-state index in [4.69, 9.17) is 11.6 Å². The Morgan fingerprint density at radius 1 is 1.04 bits per heavy atom. The van der Waals surface area contributed by atoms with Gasteiger partial charge in [0.05, 0.1) is 11.5 Å². The largest absolute Gasteiger partial charge is 0.330 e. The molecule has 0 aliphatic carbocycles. The topological polar surface area (TPSA) is 32.3 Å². The fourth-order valence-electron chi connectivity index (χ4n) is 4.22. The second kappa shape index (κ2) is 6.23. The highest BCUT2D eigenvalue weighted by atomic mass is 35.5. The quantitative estimate of drug-likeness (QED) is 0.862. The van der Waals surface area contributed by atoms with E-state index in [0.717, 1.165) is 36.5 Å². The van der Waals surface area contributed by atoms with Gasteiger partial charge in [0.2, 0.25) is 5.91 Å². The molecule has 1 amide bonds. The van der Waals surface area contributed by atoms with Crippen LogP contribution in [0.1, 0.15) is 30.0 Å². The van der Waals surface area contributed by atoms with Crippen LogP contribution >= 0.6 is 11.6 Å². The zero-order valence-corrected chi connectivity index (χ0v) is 14.3. The van der Waals surface area contributed by atoms with E-state index in [0.29, 0.717) is 6.54 Å². The summed E-state index contributed by atoms with van der Waals surface area (Å²) in [7, 11) is 0. The number of benzene rings is 2. The highest BCUT2D eigenvalue weighted by Crippen LogP contribution is 2.55. The van der Waals surface area contributed by atoms with Crippen molar-refractivity contribution in [3.05, 3.63) is 70.7 Å². The number of β-lactam (4-membered cyclic amide) rings is 1. The Bertz CT molecular complexity index is 740. The average molecular weight is 341 g/mol. The van der Waals surface area contributed by atoms with Gasteiger partial charge in [-0.25, -0.2) is 0 Å². The Kier molecular flexibility index (Phi) is 4.07. The van der Waals surface area contributed by atoms with E-state index >= 15 is 0 Å². The van der Waals surface area contributed by atoms with Gasteiger partial charge in [0.1, 0.15) is 0 Å². The van der Waals surface area contributed by atoms with Gasteiger partial charge in [0.15, 0.2) is 0 Å². The Hall–Kier alpha value is -1.84. The summed E-state index contributed by atoms with van der Waals surface area (Å²) in [6.45, 7) is 2.40. The van der Waals surface area contributed by atoms with E-state index in [9.17, 15) is 4.79 Å². The van der Waals surface area contributed by atoms with Gasteiger partial charge in [0.25, 0.3) is 0 Å². The Balaban J connectivity index is 1.68. The summed E-state index contributed by atoms with van der Waals surface area (Å²) in [6, 6.07) is 18.4. The number of carbonyl (C=O) groups excluding carboxylic acids is 1. The number of nitrogens with zero attached hydrogens (tertiary/aromatic N) is 1. The molecule has 1 atom stereocenters. The molecule has 2 aliphatic heterocycles. The third-order valence-electron chi connectivity index (χ3n) is 5.43. The monoisotopic (exact) mass is 340 g/mol. The van der Waals surface area contributed by atoms with Crippen molar-refractivity contribution in [2.45, 2.75) is 25.4 Å². The maximum absolute atomic E-state index is 13.1. The molecule has 1 unspecified atom stereocenters. The van der Waals surface area contributed by atoms with E-state index in [1.54, 1.807) is 0 Å². The molecular formula is C20H21ClN2O. The zero-order chi connectivity index (χ0) is 16.6. The minimum atomic E-state index is -0.242. The molecule has 2 aromatic rings. The molecule has 2 heterocycles. The standard InChI is InChI=1S/C20H21ClN2O/c21-17-9-5-4-8-16(17)14-23-18(15-6-2-1-3-7-15)20(19(23)24)10-12-22-13-11-20/h1-9,18,22H,10-14H2. The van der Waals surface area contributed by atoms with Gasteiger partial charge in [-0.3, -0.25) is 4.79 Å². The maximum Gasteiger partial charge on any atom is 0.232 e. The fraction of sp³-hybridized carbons (Fsp3) is 0.350. The molecule has 0 radical (unpaired) electrons. The number of hydrogen-bond donors (Lipinski definition) is 1. The normalized spacial score (nSPS) is 22.5. The lowest BCUT2D eigenvalue weighted by molar-refractivity contribution is -0.179. The van der Waals surface area contributed by atoms with E-state index in [-0.39, 0.29) is 17.4 Å². The summed E-state index contributed by atoms with van der Waals surface area (Å²) >= 11 is 6.32. The van der Waals surface area contributed by atoms with E-state index in [1.165, 1.54) is 5.56 Å². The molecule has 2 aromatic carbocycles. The summed E-state index contributed by atoms with van der Waals surface area (Å²) in [6.07, 6.45) is 1.81. The Morgan fingerprint density at radius 2 is 1.71 bits per heavy atom. The number of hydrogen-bond acceptors (Lipinski definition) is 2. The summed E-state index contributed by atoms with van der Waals surface area (Å²) in [5.74, 6) is 0.276. The number of rotatable bonds is 3. The predicted molar refractivity (Wildman–Crippen MR) is 95.7 cm³/mol. The van der Waals surface area contributed by atoms with Gasteiger partial charge in [-0.05, 0) is 43.1 Å². The van der Waals surface area contributed by atoms with Crippen molar-refractivity contribution in [2.75, 3.05) is 13.1 Å². The van der Waals surface area contributed by atoms with E-state index < -0.39 is 0 Å².